The van der Waals surface area contributed by atoms with E-state index in [4.69, 9.17) is 0 Å². The normalized spacial score (nSPS) is 17.5. The van der Waals surface area contributed by atoms with Crippen molar-refractivity contribution in [3.05, 3.63) is 88.1 Å². The summed E-state index contributed by atoms with van der Waals surface area (Å²) in [5, 5.41) is 7.96. The molecule has 3 aromatic rings. The van der Waals surface area contributed by atoms with Gasteiger partial charge in [-0.1, -0.05) is 36.4 Å². The van der Waals surface area contributed by atoms with Gasteiger partial charge in [-0.2, -0.15) is 5.01 Å². The Labute approximate surface area is 194 Å². The Morgan fingerprint density at radius 1 is 0.970 bits per heavy atom. The van der Waals surface area contributed by atoms with E-state index in [-0.39, 0.29) is 11.5 Å². The third kappa shape index (κ3) is 4.93. The van der Waals surface area contributed by atoms with E-state index in [1.54, 1.807) is 31.2 Å². The summed E-state index contributed by atoms with van der Waals surface area (Å²) in [6, 6.07) is 18.6. The molecule has 8 nitrogen and oxygen atoms in total. The van der Waals surface area contributed by atoms with E-state index in [0.717, 1.165) is 10.6 Å². The lowest BCUT2D eigenvalue weighted by molar-refractivity contribution is -0.132. The van der Waals surface area contributed by atoms with Crippen LogP contribution < -0.4 is 16.1 Å². The van der Waals surface area contributed by atoms with Crippen molar-refractivity contribution in [3.8, 4) is 0 Å². The van der Waals surface area contributed by atoms with Gasteiger partial charge in [0.15, 0.2) is 0 Å². The number of hydrazine groups is 1. The summed E-state index contributed by atoms with van der Waals surface area (Å²) >= 11 is 1.33. The van der Waals surface area contributed by atoms with Crippen LogP contribution in [0.2, 0.25) is 0 Å². The van der Waals surface area contributed by atoms with Crippen LogP contribution in [0.1, 0.15) is 38.9 Å². The first-order chi connectivity index (χ1) is 15.9. The highest BCUT2D eigenvalue weighted by Crippen LogP contribution is 2.22. The third-order valence-corrected chi connectivity index (χ3v) is 6.25. The largest absolute Gasteiger partial charge is 0.344 e. The number of hydrogen-bond acceptors (Lipinski definition) is 5. The van der Waals surface area contributed by atoms with Crippen LogP contribution >= 0.6 is 11.3 Å². The van der Waals surface area contributed by atoms with Crippen LogP contribution in [0, 0.1) is 0 Å². The Morgan fingerprint density at radius 3 is 2.36 bits per heavy atom. The van der Waals surface area contributed by atoms with Crippen molar-refractivity contribution in [2.24, 2.45) is 0 Å². The van der Waals surface area contributed by atoms with E-state index in [9.17, 15) is 19.2 Å². The summed E-state index contributed by atoms with van der Waals surface area (Å²) in [5.41, 5.74) is 3.07. The molecular formula is C24H22N4O4S. The monoisotopic (exact) mass is 462 g/mol. The van der Waals surface area contributed by atoms with Crippen LogP contribution in [0.15, 0.2) is 72.1 Å². The van der Waals surface area contributed by atoms with Gasteiger partial charge in [-0.15, -0.1) is 11.3 Å². The van der Waals surface area contributed by atoms with Gasteiger partial charge in [-0.25, -0.2) is 4.79 Å². The first kappa shape index (κ1) is 22.2. The van der Waals surface area contributed by atoms with Crippen molar-refractivity contribution in [2.75, 3.05) is 5.32 Å². The maximum Gasteiger partial charge on any atom is 0.344 e. The smallest absolute Gasteiger partial charge is 0.322 e. The maximum absolute atomic E-state index is 12.9. The first-order valence-electron chi connectivity index (χ1n) is 10.3. The van der Waals surface area contributed by atoms with E-state index >= 15 is 0 Å². The van der Waals surface area contributed by atoms with Crippen LogP contribution in [0.25, 0.3) is 0 Å². The lowest BCUT2D eigenvalue weighted by Gasteiger charge is -2.21. The number of nitrogens with zero attached hydrogens (tertiary/aromatic N) is 1. The van der Waals surface area contributed by atoms with E-state index < -0.39 is 23.4 Å². The Bertz CT molecular complexity index is 1180. The van der Waals surface area contributed by atoms with Crippen molar-refractivity contribution >= 4 is 40.8 Å². The van der Waals surface area contributed by atoms with E-state index in [2.05, 4.69) is 16.1 Å². The number of urea groups is 1. The van der Waals surface area contributed by atoms with Gasteiger partial charge in [0.1, 0.15) is 5.54 Å². The summed E-state index contributed by atoms with van der Waals surface area (Å²) in [5.74, 6) is -1.37. The highest BCUT2D eigenvalue weighted by atomic mass is 32.1. The van der Waals surface area contributed by atoms with Gasteiger partial charge in [-0.3, -0.25) is 19.8 Å². The SMILES string of the molecule is CC1(CCc2ccccc2)NC(=O)N(NC(=O)c2ccc(NC(=O)c3cccs3)cc2)C1=O. The number of rotatable bonds is 7. The molecule has 5 amide bonds. The fraction of sp³-hybridized carbons (Fsp3) is 0.167. The molecule has 33 heavy (non-hydrogen) atoms. The quantitative estimate of drug-likeness (QED) is 0.467. The molecule has 1 unspecified atom stereocenters. The number of amides is 5. The molecule has 0 radical (unpaired) electrons. The van der Waals surface area contributed by atoms with Gasteiger partial charge >= 0.3 is 6.03 Å². The Hall–Kier alpha value is -3.98. The second-order valence-electron chi connectivity index (χ2n) is 7.84. The van der Waals surface area contributed by atoms with Gasteiger partial charge in [0, 0.05) is 11.3 Å². The number of carbonyl (C=O) groups excluding carboxylic acids is 4. The summed E-state index contributed by atoms with van der Waals surface area (Å²) in [7, 11) is 0. The number of anilines is 1. The predicted molar refractivity (Wildman–Crippen MR) is 125 cm³/mol. The van der Waals surface area contributed by atoms with Gasteiger partial charge in [-0.05, 0) is 61.0 Å². The van der Waals surface area contributed by atoms with Crippen LogP contribution in [0.5, 0.6) is 0 Å². The number of imide groups is 1. The van der Waals surface area contributed by atoms with E-state index in [1.165, 1.54) is 23.5 Å². The number of nitrogens with one attached hydrogen (secondary N) is 3. The molecule has 1 fully saturated rings. The van der Waals surface area contributed by atoms with Crippen LogP contribution in [0.4, 0.5) is 10.5 Å². The lowest BCUT2D eigenvalue weighted by Crippen LogP contribution is -2.48. The molecule has 0 aliphatic carbocycles. The van der Waals surface area contributed by atoms with Gasteiger partial charge < -0.3 is 10.6 Å². The topological polar surface area (TPSA) is 108 Å². The van der Waals surface area contributed by atoms with E-state index in [0.29, 0.717) is 23.4 Å². The minimum absolute atomic E-state index is 0.239. The molecule has 1 aliphatic rings. The molecule has 2 aromatic carbocycles. The van der Waals surface area contributed by atoms with Crippen molar-refractivity contribution in [1.82, 2.24) is 15.8 Å². The minimum atomic E-state index is -1.11. The predicted octanol–water partition coefficient (Wildman–Crippen LogP) is 3.59. The molecule has 168 valence electrons. The fourth-order valence-corrected chi connectivity index (χ4v) is 4.08. The molecule has 1 aromatic heterocycles. The van der Waals surface area contributed by atoms with Gasteiger partial charge in [0.25, 0.3) is 17.7 Å². The summed E-state index contributed by atoms with van der Waals surface area (Å²) in [6.45, 7) is 1.65. The molecular weight excluding hydrogens is 440 g/mol. The average Bonchev–Trinajstić information content (AvgIpc) is 3.43. The first-order valence-corrected chi connectivity index (χ1v) is 11.2. The second kappa shape index (κ2) is 9.25. The number of thiophene rings is 1. The zero-order chi connectivity index (χ0) is 23.4. The molecule has 9 heteroatoms. The fourth-order valence-electron chi connectivity index (χ4n) is 3.47. The van der Waals surface area contributed by atoms with Crippen molar-refractivity contribution in [3.63, 3.8) is 0 Å². The lowest BCUT2D eigenvalue weighted by atomic mass is 9.93. The zero-order valence-electron chi connectivity index (χ0n) is 17.8. The average molecular weight is 463 g/mol. The number of hydrogen-bond donors (Lipinski definition) is 3. The van der Waals surface area contributed by atoms with Crippen molar-refractivity contribution < 1.29 is 19.2 Å². The van der Waals surface area contributed by atoms with Crippen molar-refractivity contribution in [1.29, 1.82) is 0 Å². The van der Waals surface area contributed by atoms with Crippen LogP contribution in [-0.4, -0.2) is 34.3 Å². The zero-order valence-corrected chi connectivity index (χ0v) is 18.6. The highest BCUT2D eigenvalue weighted by Gasteiger charge is 2.48. The van der Waals surface area contributed by atoms with E-state index in [1.807, 2.05) is 35.7 Å². The summed E-state index contributed by atoms with van der Waals surface area (Å²) in [4.78, 5) is 50.6. The number of aryl methyl sites for hydroxylation is 1. The van der Waals surface area contributed by atoms with Crippen LogP contribution in [0.3, 0.4) is 0 Å². The molecule has 1 atom stereocenters. The summed E-state index contributed by atoms with van der Waals surface area (Å²) < 4.78 is 0. The minimum Gasteiger partial charge on any atom is -0.322 e. The molecule has 0 bridgehead atoms. The molecule has 0 saturated carbocycles. The maximum atomic E-state index is 12.9. The van der Waals surface area contributed by atoms with Crippen molar-refractivity contribution in [2.45, 2.75) is 25.3 Å². The summed E-state index contributed by atoms with van der Waals surface area (Å²) in [6.07, 6.45) is 0.996. The van der Waals surface area contributed by atoms with Gasteiger partial charge in [0.2, 0.25) is 0 Å². The molecule has 3 N–H and O–H groups in total. The second-order valence-corrected chi connectivity index (χ2v) is 8.79. The number of carbonyl (C=O) groups is 4. The molecule has 4 rings (SSSR count). The highest BCUT2D eigenvalue weighted by molar-refractivity contribution is 7.12. The third-order valence-electron chi connectivity index (χ3n) is 5.38. The molecule has 1 saturated heterocycles. The molecule has 2 heterocycles. The van der Waals surface area contributed by atoms with Crippen LogP contribution in [-0.2, 0) is 11.2 Å². The standard InChI is InChI=1S/C24H22N4O4S/c1-24(14-13-16-6-3-2-4-7-16)22(31)28(23(32)26-24)27-20(29)17-9-11-18(12-10-17)25-21(30)19-8-5-15-33-19/h2-12,15H,13-14H2,1H3,(H,25,30)(H,26,32)(H,27,29). The Morgan fingerprint density at radius 2 is 1.70 bits per heavy atom. The molecule has 0 spiro atoms. The Balaban J connectivity index is 1.37. The van der Waals surface area contributed by atoms with Gasteiger partial charge in [0.05, 0.1) is 4.88 Å². The molecule has 1 aliphatic heterocycles. The Kier molecular flexibility index (Phi) is 6.23. The number of benzene rings is 2.